The van der Waals surface area contributed by atoms with Crippen molar-refractivity contribution in [2.45, 2.75) is 18.9 Å². The van der Waals surface area contributed by atoms with E-state index in [1.54, 1.807) is 26.4 Å². The van der Waals surface area contributed by atoms with Gasteiger partial charge in [0.15, 0.2) is 16.6 Å². The van der Waals surface area contributed by atoms with Crippen molar-refractivity contribution in [2.24, 2.45) is 0 Å². The average Bonchev–Trinajstić information content (AvgIpc) is 2.87. The predicted octanol–water partition coefficient (Wildman–Crippen LogP) is 4.94. The fourth-order valence-electron chi connectivity index (χ4n) is 4.22. The molecule has 1 heterocycles. The zero-order chi connectivity index (χ0) is 23.9. The Bertz CT molecular complexity index is 1110. The molecule has 0 saturated heterocycles. The Kier molecular flexibility index (Phi) is 7.85. The first-order chi connectivity index (χ1) is 16.6. The van der Waals surface area contributed by atoms with Gasteiger partial charge in [0.25, 0.3) is 0 Å². The molecule has 0 bridgehead atoms. The Hall–Kier alpha value is -3.32. The first-order valence-electron chi connectivity index (χ1n) is 11.3. The van der Waals surface area contributed by atoms with Gasteiger partial charge in [0.2, 0.25) is 0 Å². The molecule has 34 heavy (non-hydrogen) atoms. The van der Waals surface area contributed by atoms with Gasteiger partial charge in [0.1, 0.15) is 18.2 Å². The van der Waals surface area contributed by atoms with Gasteiger partial charge in [-0.05, 0) is 78.1 Å². The Morgan fingerprint density at radius 3 is 2.44 bits per heavy atom. The third kappa shape index (κ3) is 5.59. The molecule has 0 saturated carbocycles. The maximum atomic E-state index is 13.3. The van der Waals surface area contributed by atoms with Crippen LogP contribution in [0.25, 0.3) is 0 Å². The molecule has 0 aliphatic carbocycles. The van der Waals surface area contributed by atoms with Crippen molar-refractivity contribution >= 4 is 17.3 Å². The minimum atomic E-state index is -0.294. The van der Waals surface area contributed by atoms with Crippen LogP contribution in [0.1, 0.15) is 22.7 Å². The first kappa shape index (κ1) is 23.8. The third-order valence-corrected chi connectivity index (χ3v) is 6.40. The summed E-state index contributed by atoms with van der Waals surface area (Å²) in [5, 5.41) is 4.10. The summed E-state index contributed by atoms with van der Waals surface area (Å²) >= 11 is 5.81. The van der Waals surface area contributed by atoms with E-state index >= 15 is 0 Å². The molecule has 4 rings (SSSR count). The lowest BCUT2D eigenvalue weighted by Crippen LogP contribution is -2.47. The molecule has 1 aliphatic heterocycles. The monoisotopic (exact) mass is 480 g/mol. The number of thiocarbonyl (C=S) groups is 1. The van der Waals surface area contributed by atoms with Crippen molar-refractivity contribution in [2.75, 3.05) is 33.9 Å². The third-order valence-electron chi connectivity index (χ3n) is 6.02. The first-order valence-corrected chi connectivity index (χ1v) is 11.7. The maximum absolute atomic E-state index is 13.3. The van der Waals surface area contributed by atoms with E-state index in [1.165, 1.54) is 23.3 Å². The maximum Gasteiger partial charge on any atom is 0.169 e. The summed E-state index contributed by atoms with van der Waals surface area (Å²) in [6, 6.07) is 20.3. The Morgan fingerprint density at radius 1 is 1.03 bits per heavy atom. The molecule has 0 fully saturated rings. The zero-order valence-corrected chi connectivity index (χ0v) is 20.2. The van der Waals surface area contributed by atoms with Gasteiger partial charge in [-0.15, -0.1) is 0 Å². The number of ether oxygens (including phenoxy) is 3. The normalized spacial score (nSPS) is 14.8. The molecule has 0 unspecified atom stereocenters. The van der Waals surface area contributed by atoms with Crippen molar-refractivity contribution in [3.05, 3.63) is 89.2 Å². The summed E-state index contributed by atoms with van der Waals surface area (Å²) in [6.07, 6.45) is 1.70. The van der Waals surface area contributed by atoms with Crippen LogP contribution >= 0.6 is 12.2 Å². The zero-order valence-electron chi connectivity index (χ0n) is 19.4. The Balaban J connectivity index is 1.54. The smallest absolute Gasteiger partial charge is 0.169 e. The fraction of sp³-hybridized carbons (Fsp3) is 0.296. The molecule has 0 spiro atoms. The van der Waals surface area contributed by atoms with Crippen molar-refractivity contribution in [1.82, 2.24) is 10.2 Å². The molecule has 178 valence electrons. The largest absolute Gasteiger partial charge is 0.493 e. The SMILES string of the molecule is COc1cc2c(cc1OC)[C@H](COc1ccc(F)cc1)N(C(=S)NCCc1ccccc1)CC2. The van der Waals surface area contributed by atoms with E-state index in [0.717, 1.165) is 31.5 Å². The molecule has 1 atom stereocenters. The second-order valence-electron chi connectivity index (χ2n) is 8.10. The topological polar surface area (TPSA) is 43.0 Å². The fourth-order valence-corrected chi connectivity index (χ4v) is 4.54. The van der Waals surface area contributed by atoms with Gasteiger partial charge < -0.3 is 24.4 Å². The molecular formula is C27H29FN2O3S. The summed E-state index contributed by atoms with van der Waals surface area (Å²) in [5.41, 5.74) is 3.52. The van der Waals surface area contributed by atoms with E-state index in [9.17, 15) is 4.39 Å². The number of hydrogen-bond acceptors (Lipinski definition) is 4. The Morgan fingerprint density at radius 2 is 1.74 bits per heavy atom. The summed E-state index contributed by atoms with van der Waals surface area (Å²) in [6.45, 7) is 1.84. The number of methoxy groups -OCH3 is 2. The number of halogens is 1. The number of fused-ring (bicyclic) bond motifs is 1. The number of hydrogen-bond donors (Lipinski definition) is 1. The molecular weight excluding hydrogens is 451 g/mol. The number of benzene rings is 3. The van der Waals surface area contributed by atoms with Crippen molar-refractivity contribution in [1.29, 1.82) is 0 Å². The highest BCUT2D eigenvalue weighted by atomic mass is 32.1. The van der Waals surface area contributed by atoms with E-state index in [2.05, 4.69) is 22.3 Å². The van der Waals surface area contributed by atoms with Crippen LogP contribution in [0.4, 0.5) is 4.39 Å². The van der Waals surface area contributed by atoms with Gasteiger partial charge in [-0.1, -0.05) is 30.3 Å². The second-order valence-corrected chi connectivity index (χ2v) is 8.48. The van der Waals surface area contributed by atoms with E-state index in [0.29, 0.717) is 29.0 Å². The highest BCUT2D eigenvalue weighted by Crippen LogP contribution is 2.38. The van der Waals surface area contributed by atoms with Crippen LogP contribution < -0.4 is 19.5 Å². The van der Waals surface area contributed by atoms with Gasteiger partial charge in [0.05, 0.1) is 20.3 Å². The summed E-state index contributed by atoms with van der Waals surface area (Å²) in [5.74, 6) is 1.68. The second kappa shape index (κ2) is 11.2. The molecule has 0 aromatic heterocycles. The number of rotatable bonds is 8. The van der Waals surface area contributed by atoms with Gasteiger partial charge in [0, 0.05) is 13.1 Å². The number of nitrogens with zero attached hydrogens (tertiary/aromatic N) is 1. The lowest BCUT2D eigenvalue weighted by atomic mass is 9.92. The van der Waals surface area contributed by atoms with Crippen LogP contribution in [0.3, 0.4) is 0 Å². The average molecular weight is 481 g/mol. The minimum absolute atomic E-state index is 0.134. The molecule has 5 nitrogen and oxygen atoms in total. The van der Waals surface area contributed by atoms with Crippen molar-refractivity contribution in [3.8, 4) is 17.2 Å². The highest BCUT2D eigenvalue weighted by molar-refractivity contribution is 7.80. The number of nitrogens with one attached hydrogen (secondary N) is 1. The van der Waals surface area contributed by atoms with Gasteiger partial charge in [-0.2, -0.15) is 0 Å². The van der Waals surface area contributed by atoms with E-state index in [1.807, 2.05) is 30.3 Å². The van der Waals surface area contributed by atoms with Crippen molar-refractivity contribution in [3.63, 3.8) is 0 Å². The van der Waals surface area contributed by atoms with Crippen LogP contribution in [0.2, 0.25) is 0 Å². The van der Waals surface area contributed by atoms with Crippen LogP contribution in [0.5, 0.6) is 17.2 Å². The van der Waals surface area contributed by atoms with E-state index in [4.69, 9.17) is 26.4 Å². The molecule has 0 amide bonds. The predicted molar refractivity (Wildman–Crippen MR) is 135 cm³/mol. The standard InChI is InChI=1S/C27H29FN2O3S/c1-31-25-16-20-13-15-30(27(34)29-14-12-19-6-4-3-5-7-19)24(23(20)17-26(25)32-2)18-33-22-10-8-21(28)9-11-22/h3-11,16-17,24H,12-15,18H2,1-2H3,(H,29,34)/t24-/m0/s1. The quantitative estimate of drug-likeness (QED) is 0.461. The van der Waals surface area contributed by atoms with Gasteiger partial charge >= 0.3 is 0 Å². The van der Waals surface area contributed by atoms with E-state index < -0.39 is 0 Å². The minimum Gasteiger partial charge on any atom is -0.493 e. The van der Waals surface area contributed by atoms with Gasteiger partial charge in [-0.3, -0.25) is 0 Å². The van der Waals surface area contributed by atoms with E-state index in [-0.39, 0.29) is 11.9 Å². The van der Waals surface area contributed by atoms with Crippen molar-refractivity contribution < 1.29 is 18.6 Å². The molecule has 3 aromatic rings. The van der Waals surface area contributed by atoms with Gasteiger partial charge in [-0.25, -0.2) is 4.39 Å². The summed E-state index contributed by atoms with van der Waals surface area (Å²) in [7, 11) is 3.27. The molecule has 0 radical (unpaired) electrons. The highest BCUT2D eigenvalue weighted by Gasteiger charge is 2.31. The summed E-state index contributed by atoms with van der Waals surface area (Å²) in [4.78, 5) is 2.16. The van der Waals surface area contributed by atoms with Crippen LogP contribution in [-0.4, -0.2) is 43.9 Å². The molecule has 3 aromatic carbocycles. The lowest BCUT2D eigenvalue weighted by molar-refractivity contribution is 0.187. The van der Waals surface area contributed by atoms with Crippen LogP contribution in [0, 0.1) is 5.82 Å². The Labute approximate surface area is 205 Å². The molecule has 1 aliphatic rings. The lowest BCUT2D eigenvalue weighted by Gasteiger charge is -2.39. The van der Waals surface area contributed by atoms with Crippen LogP contribution in [-0.2, 0) is 12.8 Å². The molecule has 7 heteroatoms. The summed E-state index contributed by atoms with van der Waals surface area (Å²) < 4.78 is 30.5. The molecule has 1 N–H and O–H groups in total. The van der Waals surface area contributed by atoms with Crippen LogP contribution in [0.15, 0.2) is 66.7 Å².